The van der Waals surface area contributed by atoms with Crippen molar-refractivity contribution in [1.29, 1.82) is 0 Å². The van der Waals surface area contributed by atoms with Crippen LogP contribution in [0.15, 0.2) is 22.9 Å². The highest BCUT2D eigenvalue weighted by atomic mass is 16.3. The van der Waals surface area contributed by atoms with Gasteiger partial charge in [-0.15, -0.1) is 0 Å². The van der Waals surface area contributed by atoms with Crippen LogP contribution in [0.4, 0.5) is 0 Å². The van der Waals surface area contributed by atoms with E-state index in [4.69, 9.17) is 5.79 Å². The first-order valence-corrected chi connectivity index (χ1v) is 4.44. The van der Waals surface area contributed by atoms with Crippen LogP contribution >= 0.6 is 0 Å². The van der Waals surface area contributed by atoms with Gasteiger partial charge < -0.3 is 4.42 Å². The highest BCUT2D eigenvalue weighted by Crippen LogP contribution is 2.27. The lowest BCUT2D eigenvalue weighted by molar-refractivity contribution is 0.606. The Morgan fingerprint density at radius 3 is 3.00 bits per heavy atom. The van der Waals surface area contributed by atoms with Crippen molar-refractivity contribution in [2.45, 2.75) is 26.7 Å². The Morgan fingerprint density at radius 2 is 2.31 bits per heavy atom. The van der Waals surface area contributed by atoms with Gasteiger partial charge in [0.25, 0.3) is 0 Å². The fraction of sp³-hybridized carbons (Fsp3) is 0.364. The predicted octanol–water partition coefficient (Wildman–Crippen LogP) is 3.26. The third kappa shape index (κ3) is 1.22. The smallest absolute Gasteiger partial charge is 0.155 e. The van der Waals surface area contributed by atoms with Gasteiger partial charge >= 0.3 is 0 Å². The minimum Gasteiger partial charge on any atom is -0.462 e. The van der Waals surface area contributed by atoms with Gasteiger partial charge in [-0.1, -0.05) is 13.8 Å². The molecule has 0 saturated heterocycles. The average molecular weight is 176 g/mol. The molecule has 0 atom stereocenters. The third-order valence-corrected chi connectivity index (χ3v) is 2.22. The van der Waals surface area contributed by atoms with E-state index < -0.39 is 0 Å². The summed E-state index contributed by atoms with van der Waals surface area (Å²) in [5.74, 6) is 0.394. The Morgan fingerprint density at radius 1 is 1.54 bits per heavy atom. The van der Waals surface area contributed by atoms with Gasteiger partial charge in [0.05, 0.1) is 7.63 Å². The van der Waals surface area contributed by atoms with E-state index >= 15 is 0 Å². The summed E-state index contributed by atoms with van der Waals surface area (Å²) in [4.78, 5) is 4.20. The van der Waals surface area contributed by atoms with Crippen molar-refractivity contribution < 1.29 is 5.79 Å². The van der Waals surface area contributed by atoms with E-state index in [-0.39, 0.29) is 0 Å². The second-order valence-corrected chi connectivity index (χ2v) is 3.57. The van der Waals surface area contributed by atoms with Crippen LogP contribution in [0, 0.1) is 6.92 Å². The maximum Gasteiger partial charge on any atom is 0.155 e. The van der Waals surface area contributed by atoms with Gasteiger partial charge in [-0.3, -0.25) is 4.98 Å². The van der Waals surface area contributed by atoms with E-state index in [0.717, 1.165) is 16.7 Å². The summed E-state index contributed by atoms with van der Waals surface area (Å²) in [6, 6.07) is 0.363. The summed E-state index contributed by atoms with van der Waals surface area (Å²) in [7, 11) is 0. The Kier molecular flexibility index (Phi) is 1.58. The molecule has 0 bridgehead atoms. The highest BCUT2D eigenvalue weighted by Gasteiger charge is 2.11. The van der Waals surface area contributed by atoms with Gasteiger partial charge in [0.15, 0.2) is 5.58 Å². The Balaban J connectivity index is 2.83. The molecular formula is C11H13NO. The highest BCUT2D eigenvalue weighted by molar-refractivity contribution is 5.77. The van der Waals surface area contributed by atoms with Crippen LogP contribution in [0.25, 0.3) is 11.1 Å². The van der Waals surface area contributed by atoms with E-state index in [1.807, 2.05) is 13.1 Å². The molecular weight excluding hydrogens is 162 g/mol. The topological polar surface area (TPSA) is 26.0 Å². The Hall–Kier alpha value is -1.31. The fourth-order valence-electron chi connectivity index (χ4n) is 1.68. The van der Waals surface area contributed by atoms with Crippen LogP contribution in [0.3, 0.4) is 0 Å². The minimum atomic E-state index is 0.363. The molecule has 2 heteroatoms. The van der Waals surface area contributed by atoms with E-state index in [0.29, 0.717) is 17.5 Å². The van der Waals surface area contributed by atoms with E-state index in [9.17, 15) is 0 Å². The van der Waals surface area contributed by atoms with E-state index in [1.165, 1.54) is 6.26 Å². The van der Waals surface area contributed by atoms with Gasteiger partial charge in [-0.05, 0) is 18.4 Å². The molecule has 0 radical (unpaired) electrons. The number of fused-ring (bicyclic) bond motifs is 1. The van der Waals surface area contributed by atoms with Gasteiger partial charge in [-0.2, -0.15) is 0 Å². The minimum absolute atomic E-state index is 0.363. The number of hydrogen-bond donors (Lipinski definition) is 0. The Bertz CT molecular complexity index is 473. The molecule has 0 amide bonds. The number of aromatic nitrogens is 1. The molecule has 2 aromatic heterocycles. The molecule has 0 unspecified atom stereocenters. The van der Waals surface area contributed by atoms with Gasteiger partial charge in [-0.25, -0.2) is 0 Å². The van der Waals surface area contributed by atoms with Crippen molar-refractivity contribution in [1.82, 2.24) is 4.98 Å². The quantitative estimate of drug-likeness (QED) is 0.666. The number of rotatable bonds is 1. The first kappa shape index (κ1) is 7.13. The average Bonchev–Trinajstić information content (AvgIpc) is 2.47. The van der Waals surface area contributed by atoms with Gasteiger partial charge in [0, 0.05) is 17.8 Å². The normalized spacial score (nSPS) is 12.5. The van der Waals surface area contributed by atoms with Gasteiger partial charge in [0.1, 0.15) is 5.52 Å². The largest absolute Gasteiger partial charge is 0.462 e. The molecule has 2 aromatic rings. The third-order valence-electron chi connectivity index (χ3n) is 2.22. The molecule has 2 rings (SSSR count). The lowest BCUT2D eigenvalue weighted by atomic mass is 9.99. The predicted molar refractivity (Wildman–Crippen MR) is 52.8 cm³/mol. The SMILES string of the molecule is [2H]c1coc2c(C(C)C)c(C)cnc12. The second kappa shape index (κ2) is 2.87. The second-order valence-electron chi connectivity index (χ2n) is 3.57. The molecule has 2 nitrogen and oxygen atoms in total. The number of aryl methyl sites for hydroxylation is 1. The summed E-state index contributed by atoms with van der Waals surface area (Å²) in [6.45, 7) is 6.26. The zero-order valence-corrected chi connectivity index (χ0v) is 8.09. The molecule has 0 saturated carbocycles. The van der Waals surface area contributed by atoms with Gasteiger partial charge in [0.2, 0.25) is 0 Å². The molecule has 0 spiro atoms. The summed E-state index contributed by atoms with van der Waals surface area (Å²) in [6.07, 6.45) is 3.26. The lowest BCUT2D eigenvalue weighted by Gasteiger charge is -2.08. The molecule has 68 valence electrons. The van der Waals surface area contributed by atoms with Crippen LogP contribution in [0.5, 0.6) is 0 Å². The molecule has 13 heavy (non-hydrogen) atoms. The van der Waals surface area contributed by atoms with Crippen molar-refractivity contribution in [2.24, 2.45) is 0 Å². The zero-order valence-electron chi connectivity index (χ0n) is 9.09. The fourth-order valence-corrected chi connectivity index (χ4v) is 1.68. The zero-order chi connectivity index (χ0) is 10.3. The standard InChI is InChI=1S/C11H13NO/c1-7(2)10-8(3)6-12-9-4-5-13-11(9)10/h4-7H,1-3H3/i4D. The summed E-state index contributed by atoms with van der Waals surface area (Å²) in [5.41, 5.74) is 3.72. The number of nitrogens with zero attached hydrogens (tertiary/aromatic N) is 1. The molecule has 0 fully saturated rings. The molecule has 0 aliphatic carbocycles. The number of hydrogen-bond acceptors (Lipinski definition) is 2. The van der Waals surface area contributed by atoms with Crippen LogP contribution in [0.2, 0.25) is 0 Å². The Labute approximate surface area is 79.0 Å². The van der Waals surface area contributed by atoms with Crippen LogP contribution in [0.1, 0.15) is 32.3 Å². The van der Waals surface area contributed by atoms with Crippen molar-refractivity contribution >= 4 is 11.1 Å². The van der Waals surface area contributed by atoms with Crippen LogP contribution < -0.4 is 0 Å². The first-order valence-electron chi connectivity index (χ1n) is 4.94. The number of pyridine rings is 1. The maximum absolute atomic E-state index is 7.60. The van der Waals surface area contributed by atoms with Crippen molar-refractivity contribution in [3.05, 3.63) is 29.6 Å². The molecule has 0 aliphatic rings. The summed E-state index contributed by atoms with van der Waals surface area (Å²) >= 11 is 0. The monoisotopic (exact) mass is 176 g/mol. The summed E-state index contributed by atoms with van der Waals surface area (Å²) in [5, 5.41) is 0. The van der Waals surface area contributed by atoms with E-state index in [2.05, 4.69) is 18.8 Å². The first-order chi connectivity index (χ1) is 6.61. The van der Waals surface area contributed by atoms with Crippen molar-refractivity contribution in [3.63, 3.8) is 0 Å². The molecule has 0 aromatic carbocycles. The number of furan rings is 1. The van der Waals surface area contributed by atoms with Crippen LogP contribution in [-0.4, -0.2) is 4.98 Å². The van der Waals surface area contributed by atoms with Crippen LogP contribution in [-0.2, 0) is 0 Å². The maximum atomic E-state index is 7.60. The summed E-state index contributed by atoms with van der Waals surface area (Å²) < 4.78 is 13.0. The lowest BCUT2D eigenvalue weighted by Crippen LogP contribution is -1.93. The molecule has 0 N–H and O–H groups in total. The molecule has 2 heterocycles. The van der Waals surface area contributed by atoms with Crippen molar-refractivity contribution in [2.75, 3.05) is 0 Å². The van der Waals surface area contributed by atoms with Crippen molar-refractivity contribution in [3.8, 4) is 0 Å². The molecule has 0 aliphatic heterocycles. The van der Waals surface area contributed by atoms with E-state index in [1.54, 1.807) is 0 Å².